The summed E-state index contributed by atoms with van der Waals surface area (Å²) in [4.78, 5) is 49.1. The SMILES string of the molecule is CSc1ccc(C(=O)CCC(=O)O[C@@H](C)C(=O)NC(=O)NC2CCCCC2)cc1. The Morgan fingerprint density at radius 2 is 1.72 bits per heavy atom. The van der Waals surface area contributed by atoms with Gasteiger partial charge in [-0.15, -0.1) is 11.8 Å². The Balaban J connectivity index is 1.70. The molecule has 0 heterocycles. The molecular weight excluding hydrogens is 392 g/mol. The zero-order chi connectivity index (χ0) is 21.2. The number of hydrogen-bond donors (Lipinski definition) is 2. The minimum Gasteiger partial charge on any atom is -0.453 e. The van der Waals surface area contributed by atoms with E-state index in [2.05, 4.69) is 10.6 Å². The highest BCUT2D eigenvalue weighted by molar-refractivity contribution is 7.98. The van der Waals surface area contributed by atoms with Crippen LogP contribution in [-0.4, -0.2) is 42.1 Å². The van der Waals surface area contributed by atoms with Gasteiger partial charge in [-0.3, -0.25) is 19.7 Å². The van der Waals surface area contributed by atoms with Crippen LogP contribution in [0.4, 0.5) is 4.79 Å². The fourth-order valence-corrected chi connectivity index (χ4v) is 3.54. The number of Topliss-reactive ketones (excluding diaryl/α,β-unsaturated/α-hetero) is 1. The lowest BCUT2D eigenvalue weighted by molar-refractivity contribution is -0.154. The van der Waals surface area contributed by atoms with Crippen molar-refractivity contribution in [2.24, 2.45) is 0 Å². The third-order valence-corrected chi connectivity index (χ3v) is 5.57. The van der Waals surface area contributed by atoms with E-state index in [1.807, 2.05) is 18.4 Å². The van der Waals surface area contributed by atoms with Crippen LogP contribution in [0.5, 0.6) is 0 Å². The number of esters is 1. The molecule has 1 aromatic rings. The molecular formula is C21H28N2O5S. The van der Waals surface area contributed by atoms with Crippen molar-refractivity contribution in [3.8, 4) is 0 Å². The molecule has 2 rings (SSSR count). The number of thioether (sulfide) groups is 1. The molecule has 0 bridgehead atoms. The second kappa shape index (κ2) is 11.6. The number of benzene rings is 1. The molecule has 1 fully saturated rings. The number of carbonyl (C=O) groups excluding carboxylic acids is 4. The Labute approximate surface area is 175 Å². The van der Waals surface area contributed by atoms with Crippen LogP contribution in [0.25, 0.3) is 0 Å². The summed E-state index contributed by atoms with van der Waals surface area (Å²) in [6.45, 7) is 1.39. The lowest BCUT2D eigenvalue weighted by Gasteiger charge is -2.23. The second-order valence-electron chi connectivity index (χ2n) is 7.08. The van der Waals surface area contributed by atoms with E-state index in [1.165, 1.54) is 6.92 Å². The van der Waals surface area contributed by atoms with Gasteiger partial charge in [0.15, 0.2) is 11.9 Å². The van der Waals surface area contributed by atoms with Gasteiger partial charge in [0.1, 0.15) is 0 Å². The zero-order valence-corrected chi connectivity index (χ0v) is 17.7. The molecule has 0 aromatic heterocycles. The Hall–Kier alpha value is -2.35. The molecule has 29 heavy (non-hydrogen) atoms. The maximum Gasteiger partial charge on any atom is 0.321 e. The lowest BCUT2D eigenvalue weighted by atomic mass is 9.96. The van der Waals surface area contributed by atoms with Crippen LogP contribution in [0.3, 0.4) is 0 Å². The summed E-state index contributed by atoms with van der Waals surface area (Å²) in [5.74, 6) is -1.52. The highest BCUT2D eigenvalue weighted by atomic mass is 32.2. The Bertz CT molecular complexity index is 729. The highest BCUT2D eigenvalue weighted by Crippen LogP contribution is 2.17. The number of hydrogen-bond acceptors (Lipinski definition) is 6. The number of rotatable bonds is 8. The van der Waals surface area contributed by atoms with E-state index < -0.39 is 24.0 Å². The molecule has 158 valence electrons. The number of urea groups is 1. The summed E-state index contributed by atoms with van der Waals surface area (Å²) in [7, 11) is 0. The van der Waals surface area contributed by atoms with Gasteiger partial charge in [0.2, 0.25) is 0 Å². The van der Waals surface area contributed by atoms with Gasteiger partial charge < -0.3 is 10.1 Å². The first-order chi connectivity index (χ1) is 13.9. The average molecular weight is 421 g/mol. The van der Waals surface area contributed by atoms with E-state index in [-0.39, 0.29) is 24.7 Å². The van der Waals surface area contributed by atoms with Gasteiger partial charge in [-0.05, 0) is 38.2 Å². The summed E-state index contributed by atoms with van der Waals surface area (Å²) in [5, 5.41) is 4.97. The Morgan fingerprint density at radius 1 is 1.07 bits per heavy atom. The molecule has 0 spiro atoms. The van der Waals surface area contributed by atoms with Crippen LogP contribution in [0.1, 0.15) is 62.2 Å². The predicted octanol–water partition coefficient (Wildman–Crippen LogP) is 3.46. The molecule has 1 aliphatic carbocycles. The topological polar surface area (TPSA) is 102 Å². The van der Waals surface area contributed by atoms with Gasteiger partial charge in [-0.1, -0.05) is 31.4 Å². The van der Waals surface area contributed by atoms with Gasteiger partial charge in [-0.25, -0.2) is 4.79 Å². The van der Waals surface area contributed by atoms with Crippen LogP contribution in [-0.2, 0) is 14.3 Å². The van der Waals surface area contributed by atoms with Crippen molar-refractivity contribution >= 4 is 35.5 Å². The molecule has 0 aliphatic heterocycles. The standard InChI is InChI=1S/C21H28N2O5S/c1-14(20(26)23-21(27)22-16-6-4-3-5-7-16)28-19(25)13-12-18(24)15-8-10-17(29-2)11-9-15/h8-11,14,16H,3-7,12-13H2,1-2H3,(H2,22,23,26,27)/t14-/m0/s1. The molecule has 2 N–H and O–H groups in total. The number of amides is 3. The first-order valence-electron chi connectivity index (χ1n) is 9.87. The third kappa shape index (κ3) is 7.89. The molecule has 1 aliphatic rings. The molecule has 0 radical (unpaired) electrons. The van der Waals surface area contributed by atoms with Gasteiger partial charge in [0, 0.05) is 22.9 Å². The van der Waals surface area contributed by atoms with E-state index in [0.29, 0.717) is 5.56 Å². The van der Waals surface area contributed by atoms with Crippen molar-refractivity contribution in [1.82, 2.24) is 10.6 Å². The van der Waals surface area contributed by atoms with Gasteiger partial charge in [0.05, 0.1) is 6.42 Å². The fraction of sp³-hybridized carbons (Fsp3) is 0.524. The molecule has 7 nitrogen and oxygen atoms in total. The second-order valence-corrected chi connectivity index (χ2v) is 7.96. The molecule has 0 unspecified atom stereocenters. The molecule has 1 saturated carbocycles. The number of carbonyl (C=O) groups is 4. The number of ketones is 1. The number of ether oxygens (including phenoxy) is 1. The largest absolute Gasteiger partial charge is 0.453 e. The maximum absolute atomic E-state index is 12.2. The molecule has 0 saturated heterocycles. The zero-order valence-electron chi connectivity index (χ0n) is 16.9. The normalized spacial score (nSPS) is 15.2. The summed E-state index contributed by atoms with van der Waals surface area (Å²) < 4.78 is 5.04. The molecule has 1 atom stereocenters. The summed E-state index contributed by atoms with van der Waals surface area (Å²) >= 11 is 1.58. The smallest absolute Gasteiger partial charge is 0.321 e. The molecule has 3 amide bonds. The summed E-state index contributed by atoms with van der Waals surface area (Å²) in [6.07, 6.45) is 5.79. The number of imide groups is 1. The van der Waals surface area contributed by atoms with E-state index in [0.717, 1.165) is 37.0 Å². The average Bonchev–Trinajstić information content (AvgIpc) is 2.72. The van der Waals surface area contributed by atoms with Crippen LogP contribution < -0.4 is 10.6 Å². The van der Waals surface area contributed by atoms with Gasteiger partial charge >= 0.3 is 12.0 Å². The van der Waals surface area contributed by atoms with Crippen LogP contribution in [0.15, 0.2) is 29.2 Å². The van der Waals surface area contributed by atoms with Gasteiger partial charge in [-0.2, -0.15) is 0 Å². The molecule has 8 heteroatoms. The van der Waals surface area contributed by atoms with E-state index in [1.54, 1.807) is 23.9 Å². The summed E-state index contributed by atoms with van der Waals surface area (Å²) in [6, 6.07) is 6.64. The monoisotopic (exact) mass is 420 g/mol. The fourth-order valence-electron chi connectivity index (χ4n) is 3.13. The van der Waals surface area contributed by atoms with Crippen molar-refractivity contribution in [2.45, 2.75) is 68.9 Å². The quantitative estimate of drug-likeness (QED) is 0.379. The summed E-state index contributed by atoms with van der Waals surface area (Å²) in [5.41, 5.74) is 0.528. The van der Waals surface area contributed by atoms with Crippen molar-refractivity contribution in [2.75, 3.05) is 6.26 Å². The van der Waals surface area contributed by atoms with E-state index in [9.17, 15) is 19.2 Å². The first-order valence-corrected chi connectivity index (χ1v) is 11.1. The van der Waals surface area contributed by atoms with E-state index in [4.69, 9.17) is 4.74 Å². The van der Waals surface area contributed by atoms with Crippen LogP contribution >= 0.6 is 11.8 Å². The van der Waals surface area contributed by atoms with E-state index >= 15 is 0 Å². The Kier molecular flexibility index (Phi) is 9.18. The van der Waals surface area contributed by atoms with Crippen LogP contribution in [0, 0.1) is 0 Å². The predicted molar refractivity (Wildman–Crippen MR) is 111 cm³/mol. The van der Waals surface area contributed by atoms with Crippen molar-refractivity contribution < 1.29 is 23.9 Å². The lowest BCUT2D eigenvalue weighted by Crippen LogP contribution is -2.48. The minimum atomic E-state index is -1.12. The first kappa shape index (κ1) is 22.9. The number of nitrogens with one attached hydrogen (secondary N) is 2. The highest BCUT2D eigenvalue weighted by Gasteiger charge is 2.22. The van der Waals surface area contributed by atoms with Crippen molar-refractivity contribution in [1.29, 1.82) is 0 Å². The molecule has 1 aromatic carbocycles. The van der Waals surface area contributed by atoms with Crippen LogP contribution in [0.2, 0.25) is 0 Å². The third-order valence-electron chi connectivity index (χ3n) is 4.82. The van der Waals surface area contributed by atoms with Crippen molar-refractivity contribution in [3.63, 3.8) is 0 Å². The minimum absolute atomic E-state index is 0.00600. The Morgan fingerprint density at radius 3 is 2.34 bits per heavy atom. The maximum atomic E-state index is 12.2. The van der Waals surface area contributed by atoms with Crippen molar-refractivity contribution in [3.05, 3.63) is 29.8 Å². The van der Waals surface area contributed by atoms with Gasteiger partial charge in [0.25, 0.3) is 5.91 Å².